The van der Waals surface area contributed by atoms with E-state index in [2.05, 4.69) is 20.0 Å². The van der Waals surface area contributed by atoms with Crippen LogP contribution in [0.3, 0.4) is 0 Å². The second-order valence-electron chi connectivity index (χ2n) is 7.77. The number of hydrogen-bond acceptors (Lipinski definition) is 7. The van der Waals surface area contributed by atoms with Gasteiger partial charge in [0.15, 0.2) is 0 Å². The summed E-state index contributed by atoms with van der Waals surface area (Å²) in [4.78, 5) is 39.3. The van der Waals surface area contributed by atoms with Crippen molar-refractivity contribution in [3.63, 3.8) is 0 Å². The SMILES string of the molecule is O=C(O)CCN1CCCNCCCN(CCC(=O)O)CCN(CCC(=O)O)CCC1. The van der Waals surface area contributed by atoms with Gasteiger partial charge in [-0.25, -0.2) is 0 Å². The third-order valence-corrected chi connectivity index (χ3v) is 5.26. The molecule has 1 rings (SSSR count). The van der Waals surface area contributed by atoms with Crippen molar-refractivity contribution in [3.8, 4) is 0 Å². The molecule has 10 nitrogen and oxygen atoms in total. The zero-order valence-electron chi connectivity index (χ0n) is 17.9. The van der Waals surface area contributed by atoms with E-state index in [0.717, 1.165) is 58.5 Å². The van der Waals surface area contributed by atoms with Gasteiger partial charge >= 0.3 is 17.9 Å². The summed E-state index contributed by atoms with van der Waals surface area (Å²) in [7, 11) is 0. The van der Waals surface area contributed by atoms with Gasteiger partial charge in [0.2, 0.25) is 0 Å². The Morgan fingerprint density at radius 3 is 1.27 bits per heavy atom. The molecule has 1 aliphatic rings. The number of aliphatic carboxylic acids is 3. The van der Waals surface area contributed by atoms with Crippen LogP contribution in [0.15, 0.2) is 0 Å². The fraction of sp³-hybridized carbons (Fsp3) is 0.850. The Kier molecular flexibility index (Phi) is 14.0. The molecule has 0 spiro atoms. The lowest BCUT2D eigenvalue weighted by molar-refractivity contribution is -0.138. The molecule has 0 aromatic rings. The van der Waals surface area contributed by atoms with Crippen LogP contribution in [0.1, 0.15) is 38.5 Å². The second-order valence-corrected chi connectivity index (χ2v) is 7.77. The number of rotatable bonds is 9. The van der Waals surface area contributed by atoms with Crippen molar-refractivity contribution >= 4 is 17.9 Å². The third-order valence-electron chi connectivity index (χ3n) is 5.26. The van der Waals surface area contributed by atoms with Gasteiger partial charge in [0, 0.05) is 32.7 Å². The number of carbonyl (C=O) groups is 3. The van der Waals surface area contributed by atoms with Gasteiger partial charge in [-0.15, -0.1) is 0 Å². The van der Waals surface area contributed by atoms with Crippen LogP contribution in [0.2, 0.25) is 0 Å². The molecule has 0 aliphatic carbocycles. The maximum Gasteiger partial charge on any atom is 0.304 e. The van der Waals surface area contributed by atoms with Gasteiger partial charge in [-0.1, -0.05) is 0 Å². The minimum absolute atomic E-state index is 0.0712. The van der Waals surface area contributed by atoms with Gasteiger partial charge in [0.05, 0.1) is 19.3 Å². The Balaban J connectivity index is 2.68. The molecule has 1 aliphatic heterocycles. The van der Waals surface area contributed by atoms with Gasteiger partial charge in [-0.3, -0.25) is 14.4 Å². The molecule has 1 saturated heterocycles. The van der Waals surface area contributed by atoms with Crippen LogP contribution in [-0.2, 0) is 14.4 Å². The summed E-state index contributed by atoms with van der Waals surface area (Å²) in [5.74, 6) is -2.44. The van der Waals surface area contributed by atoms with E-state index in [1.54, 1.807) is 0 Å². The number of carboxylic acids is 3. The monoisotopic (exact) mass is 430 g/mol. The molecule has 0 aromatic heterocycles. The summed E-state index contributed by atoms with van der Waals surface area (Å²) in [6.07, 6.45) is 2.97. The fourth-order valence-corrected chi connectivity index (χ4v) is 3.55. The minimum Gasteiger partial charge on any atom is -0.481 e. The van der Waals surface area contributed by atoms with Crippen molar-refractivity contribution in [1.82, 2.24) is 20.0 Å². The molecule has 4 N–H and O–H groups in total. The van der Waals surface area contributed by atoms with Gasteiger partial charge in [-0.2, -0.15) is 0 Å². The van der Waals surface area contributed by atoms with Crippen LogP contribution in [-0.4, -0.2) is 120 Å². The van der Waals surface area contributed by atoms with Crippen molar-refractivity contribution < 1.29 is 29.7 Å². The molecule has 0 aromatic carbocycles. The maximum atomic E-state index is 11.0. The summed E-state index contributed by atoms with van der Waals surface area (Å²) < 4.78 is 0. The molecule has 30 heavy (non-hydrogen) atoms. The summed E-state index contributed by atoms with van der Waals surface area (Å²) >= 11 is 0. The molecule has 0 amide bonds. The Bertz CT molecular complexity index is 520. The van der Waals surface area contributed by atoms with Gasteiger partial charge in [0.25, 0.3) is 0 Å². The number of carboxylic acid groups (broad SMARTS) is 3. The topological polar surface area (TPSA) is 134 Å². The smallest absolute Gasteiger partial charge is 0.304 e. The number of nitrogens with one attached hydrogen (secondary N) is 1. The first kappa shape index (κ1) is 26.3. The quantitative estimate of drug-likeness (QED) is 0.399. The number of nitrogens with zero attached hydrogens (tertiary/aromatic N) is 3. The average Bonchev–Trinajstić information content (AvgIpc) is 2.69. The normalized spacial score (nSPS) is 19.6. The summed E-state index contributed by atoms with van der Waals surface area (Å²) in [6, 6.07) is 0. The highest BCUT2D eigenvalue weighted by atomic mass is 16.4. The first-order valence-corrected chi connectivity index (χ1v) is 10.9. The highest BCUT2D eigenvalue weighted by Gasteiger charge is 2.14. The van der Waals surface area contributed by atoms with Gasteiger partial charge in [0.1, 0.15) is 0 Å². The van der Waals surface area contributed by atoms with E-state index in [1.807, 2.05) is 0 Å². The highest BCUT2D eigenvalue weighted by Crippen LogP contribution is 2.03. The van der Waals surface area contributed by atoms with E-state index in [4.69, 9.17) is 15.3 Å². The second kappa shape index (κ2) is 16.0. The molecule has 0 bridgehead atoms. The lowest BCUT2D eigenvalue weighted by Crippen LogP contribution is -2.39. The molecule has 10 heteroatoms. The molecule has 174 valence electrons. The molecule has 1 heterocycles. The Morgan fingerprint density at radius 2 is 0.900 bits per heavy atom. The van der Waals surface area contributed by atoms with Crippen molar-refractivity contribution in [3.05, 3.63) is 0 Å². The molecule has 0 radical (unpaired) electrons. The predicted octanol–water partition coefficient (Wildman–Crippen LogP) is 0.0900. The van der Waals surface area contributed by atoms with Crippen molar-refractivity contribution in [2.45, 2.75) is 38.5 Å². The Hall–Kier alpha value is -1.75. The Labute approximate surface area is 178 Å². The van der Waals surface area contributed by atoms with E-state index < -0.39 is 17.9 Å². The zero-order chi connectivity index (χ0) is 22.2. The summed E-state index contributed by atoms with van der Waals surface area (Å²) in [5.41, 5.74) is 0. The molecular formula is C20H38N4O6. The lowest BCUT2D eigenvalue weighted by Gasteiger charge is -2.28. The van der Waals surface area contributed by atoms with E-state index in [0.29, 0.717) is 32.7 Å². The predicted molar refractivity (Wildman–Crippen MR) is 113 cm³/mol. The largest absolute Gasteiger partial charge is 0.481 e. The van der Waals surface area contributed by atoms with Gasteiger partial charge in [-0.05, 0) is 58.5 Å². The average molecular weight is 431 g/mol. The van der Waals surface area contributed by atoms with E-state index in [9.17, 15) is 14.4 Å². The van der Waals surface area contributed by atoms with Crippen LogP contribution < -0.4 is 5.32 Å². The van der Waals surface area contributed by atoms with E-state index in [1.165, 1.54) is 0 Å². The Morgan fingerprint density at radius 1 is 0.567 bits per heavy atom. The van der Waals surface area contributed by atoms with Crippen molar-refractivity contribution in [2.75, 3.05) is 72.0 Å². The molecule has 0 atom stereocenters. The molecule has 1 fully saturated rings. The minimum atomic E-state index is -0.831. The van der Waals surface area contributed by atoms with Crippen molar-refractivity contribution in [2.24, 2.45) is 0 Å². The van der Waals surface area contributed by atoms with Gasteiger partial charge < -0.3 is 35.3 Å². The maximum absolute atomic E-state index is 11.0. The van der Waals surface area contributed by atoms with E-state index >= 15 is 0 Å². The molecular weight excluding hydrogens is 392 g/mol. The van der Waals surface area contributed by atoms with E-state index in [-0.39, 0.29) is 19.3 Å². The van der Waals surface area contributed by atoms with Crippen LogP contribution in [0.25, 0.3) is 0 Å². The zero-order valence-corrected chi connectivity index (χ0v) is 17.9. The standard InChI is InChI=1S/C20H38N4O6/c25-18(26)4-13-22-9-1-7-21-8-2-10-23(14-5-19(27)28)16-17-24(12-3-11-22)15-6-20(29)30/h21H,1-17H2,(H,25,26)(H,27,28)(H,29,30). The third kappa shape index (κ3) is 14.3. The fourth-order valence-electron chi connectivity index (χ4n) is 3.55. The highest BCUT2D eigenvalue weighted by molar-refractivity contribution is 5.67. The molecule has 0 unspecified atom stereocenters. The summed E-state index contributed by atoms with van der Waals surface area (Å²) in [5, 5.41) is 30.4. The van der Waals surface area contributed by atoms with Crippen LogP contribution in [0.4, 0.5) is 0 Å². The van der Waals surface area contributed by atoms with Crippen molar-refractivity contribution in [1.29, 1.82) is 0 Å². The van der Waals surface area contributed by atoms with Crippen LogP contribution in [0.5, 0.6) is 0 Å². The lowest BCUT2D eigenvalue weighted by atomic mass is 10.2. The molecule has 0 saturated carbocycles. The first-order chi connectivity index (χ1) is 14.4. The van der Waals surface area contributed by atoms with Crippen LogP contribution in [0, 0.1) is 0 Å². The van der Waals surface area contributed by atoms with Crippen LogP contribution >= 0.6 is 0 Å². The first-order valence-electron chi connectivity index (χ1n) is 10.9. The summed E-state index contributed by atoms with van der Waals surface area (Å²) in [6.45, 7) is 7.73. The number of hydrogen-bond donors (Lipinski definition) is 4.